The molecule has 1 aliphatic rings. The van der Waals surface area contributed by atoms with Crippen LogP contribution in [0, 0.1) is 0 Å². The van der Waals surface area contributed by atoms with E-state index in [2.05, 4.69) is 25.2 Å². The summed E-state index contributed by atoms with van der Waals surface area (Å²) in [4.78, 5) is 27.3. The molecule has 2 aromatic rings. The first kappa shape index (κ1) is 17.1. The van der Waals surface area contributed by atoms with Crippen LogP contribution in [0.1, 0.15) is 5.56 Å². The molecule has 0 atom stereocenters. The minimum atomic E-state index is -0.612. The van der Waals surface area contributed by atoms with Gasteiger partial charge in [0.25, 0.3) is 5.91 Å². The molecule has 1 N–H and O–H groups in total. The predicted molar refractivity (Wildman–Crippen MR) is 97.6 cm³/mol. The van der Waals surface area contributed by atoms with E-state index in [4.69, 9.17) is 11.6 Å². The maximum Gasteiger partial charge on any atom is 0.331 e. The quantitative estimate of drug-likeness (QED) is 0.385. The topological polar surface area (TPSA) is 93.0 Å². The van der Waals surface area contributed by atoms with Gasteiger partial charge in [0.1, 0.15) is 0 Å². The number of carbonyl (C=O) groups is 2. The van der Waals surface area contributed by atoms with Gasteiger partial charge in [-0.1, -0.05) is 11.6 Å². The Kier molecular flexibility index (Phi) is 5.11. The number of esters is 1. The largest absolute Gasteiger partial charge is 0.466 e. The molecule has 0 spiro atoms. The standard InChI is InChI=1S/C16H11ClN4O3S/c1-24-13(22)7-12-15(23)20-16(25-12)21-19-8-9-4-5-11-10(14(9)17)3-2-6-18-11/h2-8H,1H3,(H,20,21,23)/b12-7+,19-8?. The van der Waals surface area contributed by atoms with Crippen molar-refractivity contribution in [2.75, 3.05) is 7.11 Å². The summed E-state index contributed by atoms with van der Waals surface area (Å²) in [7, 11) is 1.24. The minimum Gasteiger partial charge on any atom is -0.466 e. The molecule has 0 saturated carbocycles. The highest BCUT2D eigenvalue weighted by molar-refractivity contribution is 8.18. The van der Waals surface area contributed by atoms with E-state index in [0.717, 1.165) is 28.7 Å². The number of methoxy groups -OCH3 is 1. The van der Waals surface area contributed by atoms with E-state index in [-0.39, 0.29) is 10.1 Å². The van der Waals surface area contributed by atoms with Crippen LogP contribution in [-0.2, 0) is 14.3 Å². The molecule has 1 fully saturated rings. The van der Waals surface area contributed by atoms with Crippen LogP contribution in [0.15, 0.2) is 51.6 Å². The lowest BCUT2D eigenvalue weighted by Crippen LogP contribution is -2.19. The Morgan fingerprint density at radius 1 is 1.40 bits per heavy atom. The summed E-state index contributed by atoms with van der Waals surface area (Å²) in [6.45, 7) is 0. The van der Waals surface area contributed by atoms with Gasteiger partial charge in [0.2, 0.25) is 0 Å². The minimum absolute atomic E-state index is 0.190. The van der Waals surface area contributed by atoms with Crippen molar-refractivity contribution in [3.05, 3.63) is 52.0 Å². The number of benzene rings is 1. The Morgan fingerprint density at radius 2 is 2.24 bits per heavy atom. The van der Waals surface area contributed by atoms with Gasteiger partial charge >= 0.3 is 5.97 Å². The van der Waals surface area contributed by atoms with Crippen molar-refractivity contribution < 1.29 is 14.3 Å². The number of carbonyl (C=O) groups excluding carboxylic acids is 2. The summed E-state index contributed by atoms with van der Waals surface area (Å²) >= 11 is 7.34. The van der Waals surface area contributed by atoms with Crippen LogP contribution in [0.2, 0.25) is 5.02 Å². The first-order valence-corrected chi connectivity index (χ1v) is 8.21. The fraction of sp³-hybridized carbons (Fsp3) is 0.0625. The number of hydrogen-bond donors (Lipinski definition) is 1. The molecule has 126 valence electrons. The number of pyridine rings is 1. The van der Waals surface area contributed by atoms with E-state index in [1.165, 1.54) is 13.3 Å². The molecule has 2 heterocycles. The van der Waals surface area contributed by atoms with E-state index in [1.807, 2.05) is 12.1 Å². The van der Waals surface area contributed by atoms with Gasteiger partial charge in [0.05, 0.1) is 28.8 Å². The van der Waals surface area contributed by atoms with Crippen LogP contribution in [-0.4, -0.2) is 35.4 Å². The van der Waals surface area contributed by atoms with E-state index >= 15 is 0 Å². The summed E-state index contributed by atoms with van der Waals surface area (Å²) in [5, 5.41) is 12.0. The Hall–Kier alpha value is -2.71. The molecule has 7 nitrogen and oxygen atoms in total. The number of fused-ring (bicyclic) bond motifs is 1. The normalized spacial score (nSPS) is 17.6. The summed E-state index contributed by atoms with van der Waals surface area (Å²) in [5.74, 6) is -1.04. The molecular formula is C16H11ClN4O3S. The number of halogens is 1. The van der Waals surface area contributed by atoms with Crippen molar-refractivity contribution in [2.24, 2.45) is 10.2 Å². The molecule has 3 rings (SSSR count). The molecule has 1 aromatic heterocycles. The Bertz CT molecular complexity index is 956. The van der Waals surface area contributed by atoms with E-state index < -0.39 is 11.9 Å². The average molecular weight is 375 g/mol. The molecule has 1 amide bonds. The van der Waals surface area contributed by atoms with Gasteiger partial charge in [-0.05, 0) is 36.0 Å². The Morgan fingerprint density at radius 3 is 3.04 bits per heavy atom. The number of aromatic nitrogens is 1. The lowest BCUT2D eigenvalue weighted by Gasteiger charge is -2.02. The number of amides is 1. The Balaban J connectivity index is 1.78. The highest BCUT2D eigenvalue weighted by Crippen LogP contribution is 2.25. The molecule has 0 bridgehead atoms. The van der Waals surface area contributed by atoms with Crippen LogP contribution >= 0.6 is 23.4 Å². The van der Waals surface area contributed by atoms with E-state index in [9.17, 15) is 9.59 Å². The van der Waals surface area contributed by atoms with Crippen LogP contribution in [0.5, 0.6) is 0 Å². The van der Waals surface area contributed by atoms with E-state index in [0.29, 0.717) is 10.6 Å². The lowest BCUT2D eigenvalue weighted by atomic mass is 10.1. The summed E-state index contributed by atoms with van der Waals surface area (Å²) < 4.78 is 4.49. The number of thioether (sulfide) groups is 1. The molecule has 0 aliphatic carbocycles. The first-order valence-electron chi connectivity index (χ1n) is 7.01. The zero-order valence-corrected chi connectivity index (χ0v) is 14.5. The van der Waals surface area contributed by atoms with Crippen LogP contribution in [0.4, 0.5) is 0 Å². The molecular weight excluding hydrogens is 364 g/mol. The van der Waals surface area contributed by atoms with Gasteiger partial charge in [-0.15, -0.1) is 5.10 Å². The highest BCUT2D eigenvalue weighted by atomic mass is 35.5. The zero-order valence-electron chi connectivity index (χ0n) is 12.9. The summed E-state index contributed by atoms with van der Waals surface area (Å²) in [6, 6.07) is 7.28. The predicted octanol–water partition coefficient (Wildman–Crippen LogP) is 2.50. The van der Waals surface area contributed by atoms with Gasteiger partial charge in [-0.25, -0.2) is 4.79 Å². The molecule has 1 aliphatic heterocycles. The lowest BCUT2D eigenvalue weighted by molar-refractivity contribution is -0.135. The molecule has 0 unspecified atom stereocenters. The number of amidine groups is 1. The summed E-state index contributed by atoms with van der Waals surface area (Å²) in [6.07, 6.45) is 4.27. The smallest absolute Gasteiger partial charge is 0.331 e. The molecule has 25 heavy (non-hydrogen) atoms. The number of nitrogens with zero attached hydrogens (tertiary/aromatic N) is 3. The van der Waals surface area contributed by atoms with Crippen molar-refractivity contribution >= 4 is 57.5 Å². The average Bonchev–Trinajstić information content (AvgIpc) is 2.96. The van der Waals surface area contributed by atoms with Crippen LogP contribution in [0.25, 0.3) is 10.9 Å². The van der Waals surface area contributed by atoms with Gasteiger partial charge in [-0.3, -0.25) is 15.1 Å². The van der Waals surface area contributed by atoms with Crippen molar-refractivity contribution in [3.8, 4) is 0 Å². The van der Waals surface area contributed by atoms with Crippen LogP contribution < -0.4 is 5.32 Å². The highest BCUT2D eigenvalue weighted by Gasteiger charge is 2.25. The second-order valence-corrected chi connectivity index (χ2v) is 6.19. The van der Waals surface area contributed by atoms with Gasteiger partial charge in [-0.2, -0.15) is 5.10 Å². The fourth-order valence-electron chi connectivity index (χ4n) is 2.02. The number of ether oxygens (including phenoxy) is 1. The van der Waals surface area contributed by atoms with Crippen molar-refractivity contribution in [3.63, 3.8) is 0 Å². The maximum atomic E-state index is 11.7. The van der Waals surface area contributed by atoms with Gasteiger partial charge < -0.3 is 4.74 Å². The van der Waals surface area contributed by atoms with Crippen LogP contribution in [0.3, 0.4) is 0 Å². The molecule has 1 saturated heterocycles. The second-order valence-electron chi connectivity index (χ2n) is 4.78. The van der Waals surface area contributed by atoms with Gasteiger partial charge in [0, 0.05) is 23.2 Å². The second kappa shape index (κ2) is 7.45. The van der Waals surface area contributed by atoms with Crippen molar-refractivity contribution in [1.29, 1.82) is 0 Å². The molecule has 1 aromatic carbocycles. The summed E-state index contributed by atoms with van der Waals surface area (Å²) in [5.41, 5.74) is 1.46. The molecule has 0 radical (unpaired) electrons. The number of nitrogens with one attached hydrogen (secondary N) is 1. The third-order valence-electron chi connectivity index (χ3n) is 3.20. The molecule has 9 heteroatoms. The third-order valence-corrected chi connectivity index (χ3v) is 4.52. The monoisotopic (exact) mass is 374 g/mol. The SMILES string of the molecule is COC(=O)/C=C1/S/C(=N\N=Cc2ccc3ncccc3c2Cl)NC1=O. The fourth-order valence-corrected chi connectivity index (χ4v) is 3.03. The third kappa shape index (κ3) is 3.86. The van der Waals surface area contributed by atoms with Crippen molar-refractivity contribution in [2.45, 2.75) is 0 Å². The van der Waals surface area contributed by atoms with Crippen molar-refractivity contribution in [1.82, 2.24) is 10.3 Å². The Labute approximate surface area is 151 Å². The maximum absolute atomic E-state index is 11.7. The number of rotatable bonds is 3. The zero-order chi connectivity index (χ0) is 17.8. The number of hydrogen-bond acceptors (Lipinski definition) is 7. The van der Waals surface area contributed by atoms with E-state index in [1.54, 1.807) is 18.3 Å². The van der Waals surface area contributed by atoms with Gasteiger partial charge in [0.15, 0.2) is 5.17 Å². The first-order chi connectivity index (χ1) is 12.1.